The Hall–Kier alpha value is -2.29. The predicted molar refractivity (Wildman–Crippen MR) is 87.4 cm³/mol. The molecule has 24 heavy (non-hydrogen) atoms. The topological polar surface area (TPSA) is 88.8 Å². The molecule has 0 amide bonds. The van der Waals surface area contributed by atoms with Crippen molar-refractivity contribution < 1.29 is 13.2 Å². The number of aromatic nitrogens is 3. The zero-order chi connectivity index (χ0) is 17.7. The van der Waals surface area contributed by atoms with Crippen molar-refractivity contribution in [2.24, 2.45) is 0 Å². The van der Waals surface area contributed by atoms with Gasteiger partial charge in [-0.25, -0.2) is 15.0 Å². The maximum Gasteiger partial charge on any atom is 0.417 e. The van der Waals surface area contributed by atoms with E-state index in [1.807, 2.05) is 0 Å². The van der Waals surface area contributed by atoms with E-state index in [1.165, 1.54) is 6.33 Å². The predicted octanol–water partition coefficient (Wildman–Crippen LogP) is 4.08. The summed E-state index contributed by atoms with van der Waals surface area (Å²) in [6.45, 7) is 2.74. The Labute approximate surface area is 141 Å². The lowest BCUT2D eigenvalue weighted by molar-refractivity contribution is -0.137. The Morgan fingerprint density at radius 1 is 1.17 bits per heavy atom. The van der Waals surface area contributed by atoms with Crippen LogP contribution in [0.5, 0.6) is 0 Å². The molecule has 0 atom stereocenters. The van der Waals surface area contributed by atoms with E-state index in [9.17, 15) is 13.2 Å². The van der Waals surface area contributed by atoms with Crippen LogP contribution in [0.2, 0.25) is 5.02 Å². The van der Waals surface area contributed by atoms with E-state index in [1.54, 1.807) is 0 Å². The Morgan fingerprint density at radius 3 is 2.50 bits per heavy atom. The fourth-order valence-corrected chi connectivity index (χ4v) is 2.03. The van der Waals surface area contributed by atoms with Crippen LogP contribution in [0.1, 0.15) is 25.3 Å². The number of nitrogen functional groups attached to an aromatic ring is 1. The number of alkyl halides is 3. The van der Waals surface area contributed by atoms with Crippen molar-refractivity contribution in [3.8, 4) is 0 Å². The first-order valence-corrected chi connectivity index (χ1v) is 7.54. The second-order valence-corrected chi connectivity index (χ2v) is 5.35. The monoisotopic (exact) mass is 360 g/mol. The first-order valence-electron chi connectivity index (χ1n) is 7.17. The summed E-state index contributed by atoms with van der Waals surface area (Å²) in [5, 5.41) is 5.60. The summed E-state index contributed by atoms with van der Waals surface area (Å²) in [4.78, 5) is 11.7. The fraction of sp³-hybridized carbons (Fsp3) is 0.357. The van der Waals surface area contributed by atoms with E-state index in [-0.39, 0.29) is 22.3 Å². The van der Waals surface area contributed by atoms with Crippen LogP contribution < -0.4 is 16.4 Å². The number of hydrogen-bond acceptors (Lipinski definition) is 6. The van der Waals surface area contributed by atoms with Crippen LogP contribution in [0.15, 0.2) is 18.6 Å². The summed E-state index contributed by atoms with van der Waals surface area (Å²) in [5.41, 5.74) is 5.26. The molecule has 10 heteroatoms. The van der Waals surface area contributed by atoms with Crippen LogP contribution in [-0.2, 0) is 6.18 Å². The summed E-state index contributed by atoms with van der Waals surface area (Å²) in [5.74, 6) is 0.664. The van der Waals surface area contributed by atoms with E-state index in [0.717, 1.165) is 18.9 Å². The van der Waals surface area contributed by atoms with Gasteiger partial charge in [0.2, 0.25) is 0 Å². The number of pyridine rings is 1. The molecular weight excluding hydrogens is 345 g/mol. The van der Waals surface area contributed by atoms with Gasteiger partial charge in [-0.2, -0.15) is 13.2 Å². The lowest BCUT2D eigenvalue weighted by Gasteiger charge is -2.13. The van der Waals surface area contributed by atoms with Gasteiger partial charge in [0, 0.05) is 12.7 Å². The summed E-state index contributed by atoms with van der Waals surface area (Å²) in [7, 11) is 0. The maximum absolute atomic E-state index is 12.6. The highest BCUT2D eigenvalue weighted by Gasteiger charge is 2.31. The molecule has 0 aromatic carbocycles. The van der Waals surface area contributed by atoms with Crippen molar-refractivity contribution in [3.05, 3.63) is 29.2 Å². The molecule has 0 aliphatic rings. The molecule has 130 valence electrons. The SMILES string of the molecule is CCCCNc1ncnc(Nc2ncc(C(F)(F)F)cc2Cl)c1N. The van der Waals surface area contributed by atoms with Gasteiger partial charge in [0.15, 0.2) is 11.6 Å². The molecule has 2 aromatic heterocycles. The molecule has 0 aliphatic heterocycles. The van der Waals surface area contributed by atoms with Crippen LogP contribution in [0.3, 0.4) is 0 Å². The second-order valence-electron chi connectivity index (χ2n) is 4.94. The minimum atomic E-state index is -4.51. The highest BCUT2D eigenvalue weighted by molar-refractivity contribution is 6.33. The number of halogens is 4. The smallest absolute Gasteiger partial charge is 0.393 e. The normalized spacial score (nSPS) is 11.4. The standard InChI is InChI=1S/C14H16ClF3N6/c1-2-3-4-20-12-10(19)13(23-7-22-12)24-11-9(15)5-8(6-21-11)14(16,17)18/h5-7H,2-4,19H2,1H3,(H2,20,21,22,23,24). The van der Waals surface area contributed by atoms with Crippen LogP contribution in [-0.4, -0.2) is 21.5 Å². The Kier molecular flexibility index (Phi) is 5.66. The molecule has 0 saturated heterocycles. The number of nitrogens with two attached hydrogens (primary N) is 1. The molecule has 2 rings (SSSR count). The van der Waals surface area contributed by atoms with E-state index in [0.29, 0.717) is 18.6 Å². The molecule has 0 unspecified atom stereocenters. The summed E-state index contributed by atoms with van der Waals surface area (Å²) in [6.07, 6.45) is -0.594. The average molecular weight is 361 g/mol. The Balaban J connectivity index is 2.21. The van der Waals surface area contributed by atoms with Crippen molar-refractivity contribution in [2.75, 3.05) is 22.9 Å². The summed E-state index contributed by atoms with van der Waals surface area (Å²) >= 11 is 5.86. The molecular formula is C14H16ClF3N6. The van der Waals surface area contributed by atoms with E-state index in [2.05, 4.69) is 32.5 Å². The molecule has 2 aromatic rings. The van der Waals surface area contributed by atoms with Crippen molar-refractivity contribution in [3.63, 3.8) is 0 Å². The Bertz CT molecular complexity index is 707. The number of rotatable bonds is 6. The average Bonchev–Trinajstić information content (AvgIpc) is 2.52. The van der Waals surface area contributed by atoms with E-state index >= 15 is 0 Å². The molecule has 0 radical (unpaired) electrons. The van der Waals surface area contributed by atoms with Crippen LogP contribution in [0.4, 0.5) is 36.3 Å². The van der Waals surface area contributed by atoms with Gasteiger partial charge in [-0.15, -0.1) is 0 Å². The third kappa shape index (κ3) is 4.38. The van der Waals surface area contributed by atoms with Gasteiger partial charge < -0.3 is 16.4 Å². The quantitative estimate of drug-likeness (QED) is 0.672. The largest absolute Gasteiger partial charge is 0.417 e. The van der Waals surface area contributed by atoms with Crippen molar-refractivity contribution in [1.29, 1.82) is 0 Å². The number of nitrogens with one attached hydrogen (secondary N) is 2. The molecule has 0 aliphatic carbocycles. The maximum atomic E-state index is 12.6. The third-order valence-electron chi connectivity index (χ3n) is 3.11. The third-order valence-corrected chi connectivity index (χ3v) is 3.40. The molecule has 0 spiro atoms. The molecule has 0 bridgehead atoms. The van der Waals surface area contributed by atoms with Gasteiger partial charge in [-0.1, -0.05) is 24.9 Å². The van der Waals surface area contributed by atoms with Crippen molar-refractivity contribution in [1.82, 2.24) is 15.0 Å². The minimum Gasteiger partial charge on any atom is -0.393 e. The van der Waals surface area contributed by atoms with Gasteiger partial charge in [0.05, 0.1) is 10.6 Å². The summed E-state index contributed by atoms with van der Waals surface area (Å²) in [6, 6.07) is 0.786. The molecule has 4 N–H and O–H groups in total. The number of anilines is 4. The van der Waals surface area contributed by atoms with Gasteiger partial charge in [0.25, 0.3) is 0 Å². The molecule has 6 nitrogen and oxygen atoms in total. The summed E-state index contributed by atoms with van der Waals surface area (Å²) < 4.78 is 37.9. The van der Waals surface area contributed by atoms with E-state index in [4.69, 9.17) is 17.3 Å². The van der Waals surface area contributed by atoms with Crippen LogP contribution in [0, 0.1) is 0 Å². The van der Waals surface area contributed by atoms with Crippen LogP contribution in [0.25, 0.3) is 0 Å². The Morgan fingerprint density at radius 2 is 1.88 bits per heavy atom. The van der Waals surface area contributed by atoms with E-state index < -0.39 is 11.7 Å². The number of hydrogen-bond donors (Lipinski definition) is 3. The van der Waals surface area contributed by atoms with Gasteiger partial charge in [-0.3, -0.25) is 0 Å². The number of nitrogens with zero attached hydrogens (tertiary/aromatic N) is 3. The molecule has 0 fully saturated rings. The lowest BCUT2D eigenvalue weighted by Crippen LogP contribution is -2.10. The molecule has 0 saturated carbocycles. The fourth-order valence-electron chi connectivity index (χ4n) is 1.82. The zero-order valence-corrected chi connectivity index (χ0v) is 13.5. The highest BCUT2D eigenvalue weighted by Crippen LogP contribution is 2.34. The van der Waals surface area contributed by atoms with Crippen LogP contribution >= 0.6 is 11.6 Å². The van der Waals surface area contributed by atoms with Gasteiger partial charge in [-0.05, 0) is 12.5 Å². The van der Waals surface area contributed by atoms with Gasteiger partial charge >= 0.3 is 6.18 Å². The zero-order valence-electron chi connectivity index (χ0n) is 12.8. The van der Waals surface area contributed by atoms with Crippen molar-refractivity contribution in [2.45, 2.75) is 25.9 Å². The molecule has 2 heterocycles. The minimum absolute atomic E-state index is 0.0228. The van der Waals surface area contributed by atoms with Gasteiger partial charge in [0.1, 0.15) is 17.8 Å². The van der Waals surface area contributed by atoms with Crippen molar-refractivity contribution >= 4 is 34.7 Å². The number of unbranched alkanes of at least 4 members (excludes halogenated alkanes) is 1. The highest BCUT2D eigenvalue weighted by atomic mass is 35.5. The second kappa shape index (κ2) is 7.52. The first kappa shape index (κ1) is 18.1. The first-order chi connectivity index (χ1) is 11.3. The lowest BCUT2D eigenvalue weighted by atomic mass is 10.2.